The minimum Gasteiger partial charge on any atom is -0.493 e. The van der Waals surface area contributed by atoms with E-state index >= 15 is 0 Å². The molecule has 0 saturated heterocycles. The Morgan fingerprint density at radius 1 is 1.48 bits per heavy atom. The Hall–Kier alpha value is -1.14. The van der Waals surface area contributed by atoms with Crippen LogP contribution in [0.15, 0.2) is 16.6 Å². The second-order valence-corrected chi connectivity index (χ2v) is 6.99. The van der Waals surface area contributed by atoms with Gasteiger partial charge in [-0.2, -0.15) is 0 Å². The van der Waals surface area contributed by atoms with E-state index in [9.17, 15) is 4.79 Å². The lowest BCUT2D eigenvalue weighted by Crippen LogP contribution is -2.52. The van der Waals surface area contributed by atoms with Crippen LogP contribution >= 0.6 is 28.1 Å². The standard InChI is InChI=1S/C15H17BrN2O2S/c16-11-6-9-2-5-20-12(9)10(7-11)8-18-14(19)15(13(17)21)3-1-4-15/h6-7H,1-5,8H2,(H2,17,21)(H,18,19). The molecule has 0 unspecified atom stereocenters. The van der Waals surface area contributed by atoms with Crippen LogP contribution in [0.5, 0.6) is 5.75 Å². The maximum atomic E-state index is 12.4. The molecule has 0 radical (unpaired) electrons. The summed E-state index contributed by atoms with van der Waals surface area (Å²) >= 11 is 8.57. The lowest BCUT2D eigenvalue weighted by molar-refractivity contribution is -0.131. The van der Waals surface area contributed by atoms with E-state index < -0.39 is 5.41 Å². The van der Waals surface area contributed by atoms with E-state index in [1.165, 1.54) is 5.56 Å². The van der Waals surface area contributed by atoms with Crippen molar-refractivity contribution in [1.82, 2.24) is 5.32 Å². The molecule has 2 aliphatic rings. The molecule has 1 aromatic carbocycles. The van der Waals surface area contributed by atoms with Crippen molar-refractivity contribution >= 4 is 39.0 Å². The van der Waals surface area contributed by atoms with Gasteiger partial charge in [0.15, 0.2) is 0 Å². The van der Waals surface area contributed by atoms with Crippen molar-refractivity contribution in [2.24, 2.45) is 11.1 Å². The SMILES string of the molecule is NC(=S)C1(C(=O)NCc2cc(Br)cc3c2OCC3)CCC1. The highest BCUT2D eigenvalue weighted by Crippen LogP contribution is 2.41. The van der Waals surface area contributed by atoms with Gasteiger partial charge in [-0.15, -0.1) is 0 Å². The Kier molecular flexibility index (Phi) is 3.92. The summed E-state index contributed by atoms with van der Waals surface area (Å²) in [7, 11) is 0. The van der Waals surface area contributed by atoms with Crippen LogP contribution in [-0.2, 0) is 17.8 Å². The molecular weight excluding hydrogens is 352 g/mol. The van der Waals surface area contributed by atoms with Gasteiger partial charge in [0.05, 0.1) is 17.0 Å². The maximum Gasteiger partial charge on any atom is 0.233 e. The molecule has 6 heteroatoms. The summed E-state index contributed by atoms with van der Waals surface area (Å²) in [5.74, 6) is 0.837. The molecule has 0 spiro atoms. The van der Waals surface area contributed by atoms with E-state index in [1.807, 2.05) is 6.07 Å². The van der Waals surface area contributed by atoms with Crippen LogP contribution in [0.3, 0.4) is 0 Å². The van der Waals surface area contributed by atoms with Crippen molar-refractivity contribution < 1.29 is 9.53 Å². The number of amides is 1. The van der Waals surface area contributed by atoms with Crippen molar-refractivity contribution in [3.8, 4) is 5.75 Å². The van der Waals surface area contributed by atoms with Gasteiger partial charge in [-0.3, -0.25) is 4.79 Å². The second kappa shape index (κ2) is 5.57. The van der Waals surface area contributed by atoms with Gasteiger partial charge in [-0.05, 0) is 30.5 Å². The molecule has 21 heavy (non-hydrogen) atoms. The quantitative estimate of drug-likeness (QED) is 0.801. The number of carbonyl (C=O) groups is 1. The zero-order valence-electron chi connectivity index (χ0n) is 11.6. The van der Waals surface area contributed by atoms with E-state index in [2.05, 4.69) is 27.3 Å². The first-order valence-corrected chi connectivity index (χ1v) is 8.25. The van der Waals surface area contributed by atoms with E-state index in [1.54, 1.807) is 0 Å². The molecular formula is C15H17BrN2O2S. The normalized spacial score (nSPS) is 18.3. The molecule has 1 amide bonds. The number of carbonyl (C=O) groups excluding carboxylic acids is 1. The predicted octanol–water partition coefficient (Wildman–Crippen LogP) is 2.46. The third-order valence-electron chi connectivity index (χ3n) is 4.38. The highest BCUT2D eigenvalue weighted by molar-refractivity contribution is 9.10. The molecule has 3 rings (SSSR count). The van der Waals surface area contributed by atoms with Gasteiger partial charge in [0.1, 0.15) is 5.75 Å². The van der Waals surface area contributed by atoms with Gasteiger partial charge < -0.3 is 15.8 Å². The zero-order valence-corrected chi connectivity index (χ0v) is 14.0. The molecule has 0 atom stereocenters. The first-order chi connectivity index (χ1) is 10.0. The van der Waals surface area contributed by atoms with Crippen LogP contribution in [0.1, 0.15) is 30.4 Å². The minimum absolute atomic E-state index is 0.0621. The minimum atomic E-state index is -0.634. The van der Waals surface area contributed by atoms with Crippen LogP contribution in [0.25, 0.3) is 0 Å². The number of benzene rings is 1. The Morgan fingerprint density at radius 3 is 2.86 bits per heavy atom. The summed E-state index contributed by atoms with van der Waals surface area (Å²) in [5, 5.41) is 2.97. The first-order valence-electron chi connectivity index (χ1n) is 7.05. The van der Waals surface area contributed by atoms with Gasteiger partial charge >= 0.3 is 0 Å². The number of hydrogen-bond acceptors (Lipinski definition) is 3. The number of nitrogens with two attached hydrogens (primary N) is 1. The highest BCUT2D eigenvalue weighted by Gasteiger charge is 2.46. The van der Waals surface area contributed by atoms with Crippen molar-refractivity contribution in [2.45, 2.75) is 32.2 Å². The molecule has 1 fully saturated rings. The molecule has 1 aliphatic carbocycles. The zero-order chi connectivity index (χ0) is 15.0. The fourth-order valence-electron chi connectivity index (χ4n) is 2.94. The van der Waals surface area contributed by atoms with Crippen molar-refractivity contribution in [2.75, 3.05) is 6.61 Å². The smallest absolute Gasteiger partial charge is 0.233 e. The van der Waals surface area contributed by atoms with Gasteiger partial charge in [0.25, 0.3) is 0 Å². The molecule has 3 N–H and O–H groups in total. The third-order valence-corrected chi connectivity index (χ3v) is 5.23. The van der Waals surface area contributed by atoms with E-state index in [0.29, 0.717) is 18.1 Å². The van der Waals surface area contributed by atoms with Crippen LogP contribution in [0, 0.1) is 5.41 Å². The Balaban J connectivity index is 1.74. The predicted molar refractivity (Wildman–Crippen MR) is 88.3 cm³/mol. The number of ether oxygens (including phenoxy) is 1. The van der Waals surface area contributed by atoms with Crippen molar-refractivity contribution in [1.29, 1.82) is 0 Å². The van der Waals surface area contributed by atoms with E-state index in [-0.39, 0.29) is 5.91 Å². The Bertz CT molecular complexity index is 614. The topological polar surface area (TPSA) is 64.4 Å². The molecule has 1 aromatic rings. The molecule has 112 valence electrons. The van der Waals surface area contributed by atoms with Gasteiger partial charge in [0, 0.05) is 23.0 Å². The summed E-state index contributed by atoms with van der Waals surface area (Å²) in [6, 6.07) is 4.05. The highest BCUT2D eigenvalue weighted by atomic mass is 79.9. The summed E-state index contributed by atoms with van der Waals surface area (Å²) in [6.45, 7) is 1.13. The Morgan fingerprint density at radius 2 is 2.24 bits per heavy atom. The number of thiocarbonyl (C=S) groups is 1. The molecule has 0 bridgehead atoms. The largest absolute Gasteiger partial charge is 0.493 e. The maximum absolute atomic E-state index is 12.4. The lowest BCUT2D eigenvalue weighted by Gasteiger charge is -2.39. The summed E-state index contributed by atoms with van der Waals surface area (Å²) < 4.78 is 6.67. The van der Waals surface area contributed by atoms with E-state index in [4.69, 9.17) is 22.7 Å². The monoisotopic (exact) mass is 368 g/mol. The number of fused-ring (bicyclic) bond motifs is 1. The fraction of sp³-hybridized carbons (Fsp3) is 0.467. The number of hydrogen-bond donors (Lipinski definition) is 2. The number of nitrogens with one attached hydrogen (secondary N) is 1. The van der Waals surface area contributed by atoms with Crippen LogP contribution in [-0.4, -0.2) is 17.5 Å². The number of rotatable bonds is 4. The Labute approximate surface area is 137 Å². The van der Waals surface area contributed by atoms with E-state index in [0.717, 1.165) is 41.5 Å². The average molecular weight is 369 g/mol. The fourth-order valence-corrected chi connectivity index (χ4v) is 3.79. The first kappa shape index (κ1) is 14.8. The molecule has 1 aliphatic heterocycles. The molecule has 0 aromatic heterocycles. The molecule has 1 saturated carbocycles. The second-order valence-electron chi connectivity index (χ2n) is 5.63. The average Bonchev–Trinajstić information content (AvgIpc) is 2.81. The van der Waals surface area contributed by atoms with Gasteiger partial charge in [0.2, 0.25) is 5.91 Å². The third kappa shape index (κ3) is 2.55. The van der Waals surface area contributed by atoms with Gasteiger partial charge in [-0.25, -0.2) is 0 Å². The summed E-state index contributed by atoms with van der Waals surface area (Å²) in [6.07, 6.45) is 3.41. The molecule has 1 heterocycles. The van der Waals surface area contributed by atoms with Crippen LogP contribution in [0.2, 0.25) is 0 Å². The lowest BCUT2D eigenvalue weighted by atomic mass is 9.68. The van der Waals surface area contributed by atoms with Gasteiger partial charge in [-0.1, -0.05) is 34.6 Å². The summed E-state index contributed by atoms with van der Waals surface area (Å²) in [4.78, 5) is 12.7. The van der Waals surface area contributed by atoms with Crippen molar-refractivity contribution in [3.63, 3.8) is 0 Å². The van der Waals surface area contributed by atoms with Crippen LogP contribution < -0.4 is 15.8 Å². The number of halogens is 1. The summed E-state index contributed by atoms with van der Waals surface area (Å²) in [5.41, 5.74) is 7.29. The van der Waals surface area contributed by atoms with Crippen LogP contribution in [0.4, 0.5) is 0 Å². The van der Waals surface area contributed by atoms with Crippen molar-refractivity contribution in [3.05, 3.63) is 27.7 Å². The molecule has 4 nitrogen and oxygen atoms in total.